The van der Waals surface area contributed by atoms with Crippen LogP contribution in [-0.2, 0) is 0 Å². The average molecular weight is 261 g/mol. The van der Waals surface area contributed by atoms with E-state index in [4.69, 9.17) is 0 Å². The van der Waals surface area contributed by atoms with Gasteiger partial charge in [0.2, 0.25) is 0 Å². The van der Waals surface area contributed by atoms with Crippen LogP contribution in [-0.4, -0.2) is 42.4 Å². The van der Waals surface area contributed by atoms with Gasteiger partial charge in [0.05, 0.1) is 11.9 Å². The normalized spacial score (nSPS) is 24.1. The van der Waals surface area contributed by atoms with E-state index in [1.54, 1.807) is 0 Å². The number of hydrogen-bond acceptors (Lipinski definition) is 5. The van der Waals surface area contributed by atoms with Crippen molar-refractivity contribution in [1.82, 2.24) is 15.5 Å². The third-order valence-corrected chi connectivity index (χ3v) is 4.31. The van der Waals surface area contributed by atoms with Crippen molar-refractivity contribution < 1.29 is 0 Å². The van der Waals surface area contributed by atoms with Gasteiger partial charge in [-0.15, -0.1) is 5.10 Å². The lowest BCUT2D eigenvalue weighted by Gasteiger charge is -2.19. The largest absolute Gasteiger partial charge is 0.369 e. The number of likely N-dealkylation sites (N-methyl/N-ethyl adjacent to an activating group) is 1. The molecule has 19 heavy (non-hydrogen) atoms. The first-order valence-electron chi connectivity index (χ1n) is 7.36. The van der Waals surface area contributed by atoms with Crippen LogP contribution in [0.15, 0.2) is 12.3 Å². The fourth-order valence-corrected chi connectivity index (χ4v) is 3.11. The first kappa shape index (κ1) is 12.7. The highest BCUT2D eigenvalue weighted by molar-refractivity contribution is 5.53. The van der Waals surface area contributed by atoms with Crippen molar-refractivity contribution in [3.8, 4) is 0 Å². The Balaban J connectivity index is 1.65. The molecule has 1 aromatic heterocycles. The Morgan fingerprint density at radius 2 is 2.05 bits per heavy atom. The van der Waals surface area contributed by atoms with Crippen LogP contribution in [0.4, 0.5) is 11.5 Å². The van der Waals surface area contributed by atoms with Crippen molar-refractivity contribution in [2.24, 2.45) is 0 Å². The highest BCUT2D eigenvalue weighted by atomic mass is 15.2. The molecule has 2 N–H and O–H groups in total. The molecule has 2 aliphatic rings. The van der Waals surface area contributed by atoms with Crippen molar-refractivity contribution in [3.63, 3.8) is 0 Å². The smallest absolute Gasteiger partial charge is 0.150 e. The van der Waals surface area contributed by atoms with Crippen molar-refractivity contribution >= 4 is 11.5 Å². The Morgan fingerprint density at radius 3 is 2.79 bits per heavy atom. The predicted octanol–water partition coefficient (Wildman–Crippen LogP) is 1.63. The lowest BCUT2D eigenvalue weighted by atomic mass is 10.2. The molecule has 1 aliphatic carbocycles. The van der Waals surface area contributed by atoms with Gasteiger partial charge in [-0.1, -0.05) is 12.8 Å². The second-order valence-electron chi connectivity index (χ2n) is 5.65. The van der Waals surface area contributed by atoms with E-state index in [9.17, 15) is 0 Å². The Morgan fingerprint density at radius 1 is 1.21 bits per heavy atom. The minimum absolute atomic E-state index is 0.591. The van der Waals surface area contributed by atoms with Gasteiger partial charge in [0.1, 0.15) is 0 Å². The van der Waals surface area contributed by atoms with Gasteiger partial charge in [-0.05, 0) is 26.3 Å². The molecule has 5 nitrogen and oxygen atoms in total. The van der Waals surface area contributed by atoms with Crippen LogP contribution in [0.3, 0.4) is 0 Å². The fraction of sp³-hybridized carbons (Fsp3) is 0.714. The quantitative estimate of drug-likeness (QED) is 0.863. The SMILES string of the molecule is CN[C@@H]1CCN(c2cnnc(NC3CCCC3)c2)C1. The van der Waals surface area contributed by atoms with Crippen molar-refractivity contribution in [1.29, 1.82) is 0 Å². The summed E-state index contributed by atoms with van der Waals surface area (Å²) in [6.45, 7) is 2.16. The zero-order valence-electron chi connectivity index (χ0n) is 11.6. The van der Waals surface area contributed by atoms with Crippen molar-refractivity contribution in [2.75, 3.05) is 30.4 Å². The van der Waals surface area contributed by atoms with E-state index in [0.717, 1.165) is 18.9 Å². The van der Waals surface area contributed by atoms with Gasteiger partial charge in [-0.2, -0.15) is 5.10 Å². The summed E-state index contributed by atoms with van der Waals surface area (Å²) < 4.78 is 0. The molecule has 0 unspecified atom stereocenters. The Hall–Kier alpha value is -1.36. The third kappa shape index (κ3) is 2.97. The minimum Gasteiger partial charge on any atom is -0.369 e. The zero-order valence-corrected chi connectivity index (χ0v) is 11.6. The maximum atomic E-state index is 4.21. The second-order valence-corrected chi connectivity index (χ2v) is 5.65. The molecule has 1 saturated carbocycles. The van der Waals surface area contributed by atoms with Crippen LogP contribution in [0.5, 0.6) is 0 Å². The maximum absolute atomic E-state index is 4.21. The molecule has 1 aromatic rings. The summed E-state index contributed by atoms with van der Waals surface area (Å²) in [5.74, 6) is 0.928. The van der Waals surface area contributed by atoms with Crippen molar-refractivity contribution in [2.45, 2.75) is 44.2 Å². The average Bonchev–Trinajstić information content (AvgIpc) is 3.09. The highest BCUT2D eigenvalue weighted by Gasteiger charge is 2.22. The zero-order chi connectivity index (χ0) is 13.1. The summed E-state index contributed by atoms with van der Waals surface area (Å²) in [6, 6.07) is 3.33. The number of aromatic nitrogens is 2. The number of nitrogens with zero attached hydrogens (tertiary/aromatic N) is 3. The van der Waals surface area contributed by atoms with E-state index in [1.807, 2.05) is 13.2 Å². The molecular formula is C14H23N5. The fourth-order valence-electron chi connectivity index (χ4n) is 3.11. The monoisotopic (exact) mass is 261 g/mol. The molecule has 3 rings (SSSR count). The summed E-state index contributed by atoms with van der Waals surface area (Å²) in [6.07, 6.45) is 8.26. The van der Waals surface area contributed by atoms with Gasteiger partial charge < -0.3 is 15.5 Å². The molecule has 1 atom stereocenters. The summed E-state index contributed by atoms with van der Waals surface area (Å²) >= 11 is 0. The van der Waals surface area contributed by atoms with Crippen LogP contribution < -0.4 is 15.5 Å². The van der Waals surface area contributed by atoms with E-state index in [-0.39, 0.29) is 0 Å². The number of rotatable bonds is 4. The molecule has 0 bridgehead atoms. The molecule has 2 fully saturated rings. The molecule has 0 amide bonds. The highest BCUT2D eigenvalue weighted by Crippen LogP contribution is 2.24. The summed E-state index contributed by atoms with van der Waals surface area (Å²) in [5, 5.41) is 15.2. The third-order valence-electron chi connectivity index (χ3n) is 4.31. The number of anilines is 2. The predicted molar refractivity (Wildman–Crippen MR) is 77.6 cm³/mol. The first-order chi connectivity index (χ1) is 9.35. The lowest BCUT2D eigenvalue weighted by Crippen LogP contribution is -2.29. The van der Waals surface area contributed by atoms with Crippen molar-refractivity contribution in [3.05, 3.63) is 12.3 Å². The summed E-state index contributed by atoms with van der Waals surface area (Å²) in [7, 11) is 2.03. The Labute approximate surface area is 114 Å². The lowest BCUT2D eigenvalue weighted by molar-refractivity contribution is 0.617. The van der Waals surface area contributed by atoms with Gasteiger partial charge in [0, 0.05) is 31.2 Å². The number of hydrogen-bond donors (Lipinski definition) is 2. The van der Waals surface area contributed by atoms with E-state index in [1.165, 1.54) is 37.8 Å². The standard InChI is InChI=1S/C14H23N5/c1-15-12-6-7-19(10-12)13-8-14(18-16-9-13)17-11-4-2-3-5-11/h8-9,11-12,15H,2-7,10H2,1H3,(H,17,18)/t12-/m1/s1. The summed E-state index contributed by atoms with van der Waals surface area (Å²) in [4.78, 5) is 2.38. The van der Waals surface area contributed by atoms with Gasteiger partial charge in [-0.3, -0.25) is 0 Å². The van der Waals surface area contributed by atoms with Crippen LogP contribution in [0.1, 0.15) is 32.1 Å². The first-order valence-corrected chi connectivity index (χ1v) is 7.36. The van der Waals surface area contributed by atoms with E-state index >= 15 is 0 Å². The molecule has 0 spiro atoms. The molecule has 0 radical (unpaired) electrons. The molecule has 1 aliphatic heterocycles. The Bertz CT molecular complexity index is 416. The molecule has 0 aromatic carbocycles. The molecule has 5 heteroatoms. The maximum Gasteiger partial charge on any atom is 0.150 e. The molecule has 104 valence electrons. The van der Waals surface area contributed by atoms with Crippen LogP contribution in [0.25, 0.3) is 0 Å². The summed E-state index contributed by atoms with van der Waals surface area (Å²) in [5.41, 5.74) is 1.19. The second kappa shape index (κ2) is 5.74. The van der Waals surface area contributed by atoms with E-state index in [2.05, 4.69) is 31.8 Å². The van der Waals surface area contributed by atoms with Gasteiger partial charge in [0.15, 0.2) is 5.82 Å². The topological polar surface area (TPSA) is 53.1 Å². The Kier molecular flexibility index (Phi) is 3.82. The van der Waals surface area contributed by atoms with E-state index < -0.39 is 0 Å². The van der Waals surface area contributed by atoms with E-state index in [0.29, 0.717) is 12.1 Å². The number of nitrogens with one attached hydrogen (secondary N) is 2. The van der Waals surface area contributed by atoms with Gasteiger partial charge in [0.25, 0.3) is 0 Å². The minimum atomic E-state index is 0.591. The van der Waals surface area contributed by atoms with Crippen LogP contribution in [0, 0.1) is 0 Å². The molecule has 2 heterocycles. The van der Waals surface area contributed by atoms with Crippen LogP contribution >= 0.6 is 0 Å². The van der Waals surface area contributed by atoms with Gasteiger partial charge in [-0.25, -0.2) is 0 Å². The van der Waals surface area contributed by atoms with Gasteiger partial charge >= 0.3 is 0 Å². The molecule has 1 saturated heterocycles. The molecular weight excluding hydrogens is 238 g/mol. The van der Waals surface area contributed by atoms with Crippen LogP contribution in [0.2, 0.25) is 0 Å².